The van der Waals surface area contributed by atoms with Gasteiger partial charge in [-0.1, -0.05) is 11.6 Å². The van der Waals surface area contributed by atoms with Gasteiger partial charge in [-0.3, -0.25) is 0 Å². The summed E-state index contributed by atoms with van der Waals surface area (Å²) in [6, 6.07) is 3.78. The number of ether oxygens (including phenoxy) is 1. The summed E-state index contributed by atoms with van der Waals surface area (Å²) < 4.78 is 6.99. The van der Waals surface area contributed by atoms with Crippen molar-refractivity contribution in [2.45, 2.75) is 18.8 Å². The molecular formula is C11H12ClN3O. The summed E-state index contributed by atoms with van der Waals surface area (Å²) in [4.78, 5) is 4.58. The van der Waals surface area contributed by atoms with E-state index in [1.165, 1.54) is 0 Å². The van der Waals surface area contributed by atoms with E-state index < -0.39 is 0 Å². The first-order chi connectivity index (χ1) is 7.84. The molecule has 16 heavy (non-hydrogen) atoms. The third-order valence-corrected chi connectivity index (χ3v) is 3.24. The Morgan fingerprint density at radius 1 is 1.38 bits per heavy atom. The molecule has 2 aromatic heterocycles. The summed E-state index contributed by atoms with van der Waals surface area (Å²) in [6.07, 6.45) is 3.75. The Balaban J connectivity index is 2.02. The second-order valence-corrected chi connectivity index (χ2v) is 4.38. The first kappa shape index (κ1) is 10.1. The molecule has 0 saturated carbocycles. The van der Waals surface area contributed by atoms with Crippen LogP contribution in [0.3, 0.4) is 0 Å². The number of aromatic nitrogens is 3. The fourth-order valence-electron chi connectivity index (χ4n) is 2.10. The van der Waals surface area contributed by atoms with E-state index in [1.54, 1.807) is 10.7 Å². The summed E-state index contributed by atoms with van der Waals surface area (Å²) in [7, 11) is 0. The average molecular weight is 238 g/mol. The predicted molar refractivity (Wildman–Crippen MR) is 60.8 cm³/mol. The molecule has 1 fully saturated rings. The van der Waals surface area contributed by atoms with Crippen LogP contribution in [0.15, 0.2) is 18.3 Å². The maximum atomic E-state index is 6.15. The molecule has 3 heterocycles. The first-order valence-electron chi connectivity index (χ1n) is 5.42. The molecule has 1 aliphatic rings. The van der Waals surface area contributed by atoms with Crippen molar-refractivity contribution in [2.24, 2.45) is 0 Å². The van der Waals surface area contributed by atoms with Crippen LogP contribution < -0.4 is 0 Å². The zero-order valence-corrected chi connectivity index (χ0v) is 9.52. The average Bonchev–Trinajstić information content (AvgIpc) is 2.79. The molecule has 0 atom stereocenters. The molecule has 4 nitrogen and oxygen atoms in total. The van der Waals surface area contributed by atoms with Crippen LogP contribution in [0.5, 0.6) is 0 Å². The molecule has 0 amide bonds. The van der Waals surface area contributed by atoms with Gasteiger partial charge in [-0.05, 0) is 18.9 Å². The lowest BCUT2D eigenvalue weighted by molar-refractivity contribution is 0.0845. The van der Waals surface area contributed by atoms with Gasteiger partial charge in [-0.15, -0.1) is 0 Å². The summed E-state index contributed by atoms with van der Waals surface area (Å²) in [6.45, 7) is 1.63. The number of rotatable bonds is 1. The summed E-state index contributed by atoms with van der Waals surface area (Å²) >= 11 is 6.15. The third-order valence-electron chi connectivity index (χ3n) is 2.98. The van der Waals surface area contributed by atoms with Crippen LogP contribution in [0.2, 0.25) is 5.15 Å². The largest absolute Gasteiger partial charge is 0.381 e. The lowest BCUT2D eigenvalue weighted by Gasteiger charge is -2.21. The van der Waals surface area contributed by atoms with Crippen molar-refractivity contribution in [1.82, 2.24) is 14.6 Å². The molecule has 0 aromatic carbocycles. The minimum atomic E-state index is 0.464. The fraction of sp³-hybridized carbons (Fsp3) is 0.455. The highest BCUT2D eigenvalue weighted by Gasteiger charge is 2.18. The summed E-state index contributed by atoms with van der Waals surface area (Å²) in [5.41, 5.74) is 1.87. The second-order valence-electron chi connectivity index (χ2n) is 3.99. The monoisotopic (exact) mass is 237 g/mol. The molecule has 0 N–H and O–H groups in total. The van der Waals surface area contributed by atoms with Crippen molar-refractivity contribution in [3.05, 3.63) is 29.2 Å². The summed E-state index contributed by atoms with van der Waals surface area (Å²) in [5, 5.41) is 4.72. The number of halogens is 1. The first-order valence-corrected chi connectivity index (χ1v) is 5.80. The Labute approximate surface area is 98.2 Å². The predicted octanol–water partition coefficient (Wildman–Crippen LogP) is 2.28. The fourth-order valence-corrected chi connectivity index (χ4v) is 2.34. The molecule has 1 saturated heterocycles. The quantitative estimate of drug-likeness (QED) is 0.715. The van der Waals surface area contributed by atoms with Crippen LogP contribution in [0, 0.1) is 0 Å². The van der Waals surface area contributed by atoms with Gasteiger partial charge in [-0.2, -0.15) is 5.10 Å². The SMILES string of the molecule is Clc1cc(C2CCOCC2)nc2ccnn12. The number of nitrogens with zero attached hydrogens (tertiary/aromatic N) is 3. The van der Waals surface area contributed by atoms with E-state index in [2.05, 4.69) is 10.1 Å². The Hall–Kier alpha value is -1.13. The van der Waals surface area contributed by atoms with Gasteiger partial charge in [0.2, 0.25) is 0 Å². The van der Waals surface area contributed by atoms with Gasteiger partial charge in [0.05, 0.1) is 6.20 Å². The lowest BCUT2D eigenvalue weighted by atomic mass is 9.96. The van der Waals surface area contributed by atoms with Gasteiger partial charge in [0.15, 0.2) is 5.65 Å². The van der Waals surface area contributed by atoms with Crippen molar-refractivity contribution in [1.29, 1.82) is 0 Å². The molecule has 0 aliphatic carbocycles. The zero-order chi connectivity index (χ0) is 11.0. The minimum absolute atomic E-state index is 0.464. The maximum absolute atomic E-state index is 6.15. The van der Waals surface area contributed by atoms with E-state index in [1.807, 2.05) is 12.1 Å². The van der Waals surface area contributed by atoms with Crippen LogP contribution in [0.1, 0.15) is 24.5 Å². The molecule has 3 rings (SSSR count). The molecule has 1 aliphatic heterocycles. The van der Waals surface area contributed by atoms with Gasteiger partial charge < -0.3 is 4.74 Å². The van der Waals surface area contributed by atoms with E-state index in [9.17, 15) is 0 Å². The zero-order valence-electron chi connectivity index (χ0n) is 8.77. The van der Waals surface area contributed by atoms with Crippen molar-refractivity contribution < 1.29 is 4.74 Å². The van der Waals surface area contributed by atoms with Gasteiger partial charge in [0.1, 0.15) is 5.15 Å². The molecular weight excluding hydrogens is 226 g/mol. The Morgan fingerprint density at radius 3 is 3.00 bits per heavy atom. The molecule has 2 aromatic rings. The minimum Gasteiger partial charge on any atom is -0.381 e. The Kier molecular flexibility index (Phi) is 2.53. The van der Waals surface area contributed by atoms with Crippen molar-refractivity contribution in [2.75, 3.05) is 13.2 Å². The molecule has 0 spiro atoms. The highest BCUT2D eigenvalue weighted by atomic mass is 35.5. The summed E-state index contributed by atoms with van der Waals surface area (Å²) in [5.74, 6) is 0.464. The topological polar surface area (TPSA) is 39.4 Å². The second kappa shape index (κ2) is 4.03. The smallest absolute Gasteiger partial charge is 0.156 e. The Bertz CT molecular complexity index is 505. The molecule has 5 heteroatoms. The van der Waals surface area contributed by atoms with E-state index in [-0.39, 0.29) is 0 Å². The highest BCUT2D eigenvalue weighted by Crippen LogP contribution is 2.27. The van der Waals surface area contributed by atoms with Crippen molar-refractivity contribution in [3.8, 4) is 0 Å². The van der Waals surface area contributed by atoms with Crippen LogP contribution in [-0.2, 0) is 4.74 Å². The molecule has 0 unspecified atom stereocenters. The lowest BCUT2D eigenvalue weighted by Crippen LogP contribution is -2.15. The standard InChI is InChI=1S/C11H12ClN3O/c12-10-7-9(8-2-5-16-6-3-8)14-11-1-4-13-15(10)11/h1,4,7-8H,2-3,5-6H2. The van der Waals surface area contributed by atoms with E-state index in [4.69, 9.17) is 16.3 Å². The molecule has 84 valence electrons. The number of fused-ring (bicyclic) bond motifs is 1. The number of hydrogen-bond donors (Lipinski definition) is 0. The number of hydrogen-bond acceptors (Lipinski definition) is 3. The van der Waals surface area contributed by atoms with Gasteiger partial charge in [0, 0.05) is 30.9 Å². The molecule has 0 radical (unpaired) electrons. The van der Waals surface area contributed by atoms with Crippen molar-refractivity contribution >= 4 is 17.2 Å². The van der Waals surface area contributed by atoms with Crippen LogP contribution in [0.25, 0.3) is 5.65 Å². The van der Waals surface area contributed by atoms with Gasteiger partial charge in [0.25, 0.3) is 0 Å². The van der Waals surface area contributed by atoms with Crippen LogP contribution >= 0.6 is 11.6 Å². The highest BCUT2D eigenvalue weighted by molar-refractivity contribution is 6.29. The van der Waals surface area contributed by atoms with Gasteiger partial charge >= 0.3 is 0 Å². The van der Waals surface area contributed by atoms with Crippen LogP contribution in [0.4, 0.5) is 0 Å². The molecule has 0 bridgehead atoms. The van der Waals surface area contributed by atoms with Crippen LogP contribution in [-0.4, -0.2) is 27.8 Å². The van der Waals surface area contributed by atoms with Gasteiger partial charge in [-0.25, -0.2) is 9.50 Å². The van der Waals surface area contributed by atoms with E-state index in [0.29, 0.717) is 11.1 Å². The Morgan fingerprint density at radius 2 is 2.19 bits per heavy atom. The van der Waals surface area contributed by atoms with E-state index in [0.717, 1.165) is 37.4 Å². The van der Waals surface area contributed by atoms with Crippen molar-refractivity contribution in [3.63, 3.8) is 0 Å². The maximum Gasteiger partial charge on any atom is 0.156 e. The normalized spacial score (nSPS) is 18.1. The third kappa shape index (κ3) is 1.68. The van der Waals surface area contributed by atoms with E-state index >= 15 is 0 Å².